The Morgan fingerprint density at radius 2 is 1.77 bits per heavy atom. The standard InChI is InChI=1S/C21H25N5O4/c1-21(2,3)30-19(28)13-9-7-8-12(10-13)11-14(22)16-23-17-15(24(16)4)18(27)26(6)20(29)25(17)5/h7-11H,22H2,1-6H3. The molecular weight excluding hydrogens is 386 g/mol. The monoisotopic (exact) mass is 411 g/mol. The number of nitrogens with zero attached hydrogens (tertiary/aromatic N) is 4. The van der Waals surface area contributed by atoms with E-state index in [-0.39, 0.29) is 16.9 Å². The molecule has 0 spiro atoms. The number of carbonyl (C=O) groups excluding carboxylic acids is 1. The molecule has 3 rings (SSSR count). The number of benzene rings is 1. The first kappa shape index (κ1) is 21.1. The van der Waals surface area contributed by atoms with Gasteiger partial charge in [-0.25, -0.2) is 14.6 Å². The maximum absolute atomic E-state index is 12.5. The highest BCUT2D eigenvalue weighted by atomic mass is 16.6. The Kier molecular flexibility index (Phi) is 5.15. The van der Waals surface area contributed by atoms with Crippen LogP contribution in [0.3, 0.4) is 0 Å². The lowest BCUT2D eigenvalue weighted by Crippen LogP contribution is -2.37. The van der Waals surface area contributed by atoms with Crippen LogP contribution in [0.15, 0.2) is 33.9 Å². The van der Waals surface area contributed by atoms with Gasteiger partial charge >= 0.3 is 11.7 Å². The molecule has 0 aliphatic heterocycles. The topological polar surface area (TPSA) is 114 Å². The molecule has 0 saturated carbocycles. The predicted octanol–water partition coefficient (Wildman–Crippen LogP) is 1.38. The summed E-state index contributed by atoms with van der Waals surface area (Å²) < 4.78 is 9.28. The summed E-state index contributed by atoms with van der Waals surface area (Å²) >= 11 is 0. The molecule has 1 aromatic carbocycles. The normalized spacial score (nSPS) is 12.4. The maximum Gasteiger partial charge on any atom is 0.338 e. The van der Waals surface area contributed by atoms with Crippen molar-refractivity contribution in [2.45, 2.75) is 26.4 Å². The maximum atomic E-state index is 12.5. The molecule has 2 aromatic heterocycles. The summed E-state index contributed by atoms with van der Waals surface area (Å²) in [6.07, 6.45) is 1.65. The molecule has 0 radical (unpaired) electrons. The van der Waals surface area contributed by atoms with Gasteiger partial charge < -0.3 is 15.0 Å². The molecule has 158 valence electrons. The number of aryl methyl sites for hydroxylation is 2. The van der Waals surface area contributed by atoms with Gasteiger partial charge in [-0.1, -0.05) is 12.1 Å². The van der Waals surface area contributed by atoms with Crippen molar-refractivity contribution in [3.63, 3.8) is 0 Å². The average Bonchev–Trinajstić information content (AvgIpc) is 3.01. The Labute approximate surface area is 173 Å². The van der Waals surface area contributed by atoms with Gasteiger partial charge in [-0.15, -0.1) is 0 Å². The Bertz CT molecular complexity index is 1300. The van der Waals surface area contributed by atoms with Crippen LogP contribution in [0, 0.1) is 0 Å². The zero-order chi connectivity index (χ0) is 22.4. The van der Waals surface area contributed by atoms with Crippen LogP contribution in [0.25, 0.3) is 22.9 Å². The van der Waals surface area contributed by atoms with Crippen LogP contribution in [0.1, 0.15) is 42.5 Å². The molecule has 0 amide bonds. The van der Waals surface area contributed by atoms with Crippen LogP contribution in [0.2, 0.25) is 0 Å². The molecule has 0 aliphatic rings. The minimum Gasteiger partial charge on any atom is -0.456 e. The number of imidazole rings is 1. The number of ether oxygens (including phenoxy) is 1. The van der Waals surface area contributed by atoms with E-state index in [1.165, 1.54) is 11.6 Å². The van der Waals surface area contributed by atoms with Gasteiger partial charge in [-0.05, 0) is 44.5 Å². The lowest BCUT2D eigenvalue weighted by atomic mass is 10.1. The third kappa shape index (κ3) is 3.78. The molecule has 3 aromatic rings. The van der Waals surface area contributed by atoms with Crippen LogP contribution in [-0.4, -0.2) is 30.3 Å². The van der Waals surface area contributed by atoms with E-state index in [9.17, 15) is 14.4 Å². The van der Waals surface area contributed by atoms with Crippen LogP contribution in [0.5, 0.6) is 0 Å². The molecular formula is C21H25N5O4. The molecule has 0 atom stereocenters. The summed E-state index contributed by atoms with van der Waals surface area (Å²) in [7, 11) is 4.62. The molecule has 0 bridgehead atoms. The van der Waals surface area contributed by atoms with Crippen LogP contribution < -0.4 is 17.0 Å². The summed E-state index contributed by atoms with van der Waals surface area (Å²) in [5.74, 6) is -0.0940. The third-order valence-corrected chi connectivity index (χ3v) is 4.58. The van der Waals surface area contributed by atoms with E-state index in [1.807, 2.05) is 0 Å². The fraction of sp³-hybridized carbons (Fsp3) is 0.333. The summed E-state index contributed by atoms with van der Waals surface area (Å²) in [5.41, 5.74) is 6.61. The van der Waals surface area contributed by atoms with Crippen molar-refractivity contribution in [2.75, 3.05) is 0 Å². The Balaban J connectivity index is 2.07. The highest BCUT2D eigenvalue weighted by Crippen LogP contribution is 2.18. The number of carbonyl (C=O) groups is 1. The van der Waals surface area contributed by atoms with Gasteiger partial charge in [-0.2, -0.15) is 0 Å². The molecule has 0 unspecified atom stereocenters. The zero-order valence-electron chi connectivity index (χ0n) is 17.9. The Morgan fingerprint density at radius 1 is 1.10 bits per heavy atom. The highest BCUT2D eigenvalue weighted by Gasteiger charge is 2.19. The number of hydrogen-bond acceptors (Lipinski definition) is 6. The van der Waals surface area contributed by atoms with E-state index >= 15 is 0 Å². The molecule has 0 fully saturated rings. The molecule has 9 heteroatoms. The Hall–Kier alpha value is -3.62. The van der Waals surface area contributed by atoms with Gasteiger partial charge in [0.1, 0.15) is 5.60 Å². The van der Waals surface area contributed by atoms with Gasteiger partial charge in [0, 0.05) is 21.1 Å². The van der Waals surface area contributed by atoms with Crippen molar-refractivity contribution in [3.05, 3.63) is 62.1 Å². The molecule has 0 aliphatic carbocycles. The largest absolute Gasteiger partial charge is 0.456 e. The number of rotatable bonds is 3. The number of aromatic nitrogens is 4. The van der Waals surface area contributed by atoms with Crippen LogP contribution >= 0.6 is 0 Å². The van der Waals surface area contributed by atoms with Crippen LogP contribution in [-0.2, 0) is 25.9 Å². The fourth-order valence-electron chi connectivity index (χ4n) is 3.11. The third-order valence-electron chi connectivity index (χ3n) is 4.58. The van der Waals surface area contributed by atoms with E-state index in [0.29, 0.717) is 17.0 Å². The van der Waals surface area contributed by atoms with E-state index in [1.54, 1.807) is 69.8 Å². The number of esters is 1. The minimum atomic E-state index is -0.600. The molecule has 30 heavy (non-hydrogen) atoms. The summed E-state index contributed by atoms with van der Waals surface area (Å²) in [4.78, 5) is 41.4. The van der Waals surface area contributed by atoms with E-state index < -0.39 is 22.8 Å². The SMILES string of the molecule is Cn1c(=O)c2c(nc(C(N)=Cc3cccc(C(=O)OC(C)(C)C)c3)n2C)n(C)c1=O. The van der Waals surface area contributed by atoms with Gasteiger partial charge in [0.2, 0.25) is 0 Å². The van der Waals surface area contributed by atoms with Crippen molar-refractivity contribution in [2.24, 2.45) is 26.9 Å². The summed E-state index contributed by atoms with van der Waals surface area (Å²) in [6, 6.07) is 6.85. The van der Waals surface area contributed by atoms with Crippen molar-refractivity contribution < 1.29 is 9.53 Å². The quantitative estimate of drug-likeness (QED) is 0.652. The second-order valence-electron chi connectivity index (χ2n) is 8.10. The second-order valence-corrected chi connectivity index (χ2v) is 8.10. The first-order valence-electron chi connectivity index (χ1n) is 9.34. The van der Waals surface area contributed by atoms with Crippen molar-refractivity contribution in [1.82, 2.24) is 18.7 Å². The van der Waals surface area contributed by atoms with Gasteiger partial charge in [-0.3, -0.25) is 13.9 Å². The van der Waals surface area contributed by atoms with Gasteiger partial charge in [0.25, 0.3) is 5.56 Å². The first-order valence-corrected chi connectivity index (χ1v) is 9.34. The molecule has 0 saturated heterocycles. The first-order chi connectivity index (χ1) is 13.9. The lowest BCUT2D eigenvalue weighted by Gasteiger charge is -2.19. The van der Waals surface area contributed by atoms with Crippen molar-refractivity contribution >= 4 is 28.9 Å². The van der Waals surface area contributed by atoms with Gasteiger partial charge in [0.15, 0.2) is 17.0 Å². The second kappa shape index (κ2) is 7.33. The minimum absolute atomic E-state index is 0.249. The van der Waals surface area contributed by atoms with Crippen molar-refractivity contribution in [3.8, 4) is 0 Å². The summed E-state index contributed by atoms with van der Waals surface area (Å²) in [5, 5.41) is 0. The average molecular weight is 411 g/mol. The number of fused-ring (bicyclic) bond motifs is 1. The summed E-state index contributed by atoms with van der Waals surface area (Å²) in [6.45, 7) is 5.40. The zero-order valence-corrected chi connectivity index (χ0v) is 17.9. The smallest absolute Gasteiger partial charge is 0.338 e. The molecule has 9 nitrogen and oxygen atoms in total. The van der Waals surface area contributed by atoms with E-state index in [0.717, 1.165) is 4.57 Å². The van der Waals surface area contributed by atoms with Crippen LogP contribution in [0.4, 0.5) is 0 Å². The van der Waals surface area contributed by atoms with E-state index in [2.05, 4.69) is 4.98 Å². The van der Waals surface area contributed by atoms with Gasteiger partial charge in [0.05, 0.1) is 11.3 Å². The predicted molar refractivity (Wildman–Crippen MR) is 115 cm³/mol. The fourth-order valence-corrected chi connectivity index (χ4v) is 3.11. The molecule has 2 heterocycles. The lowest BCUT2D eigenvalue weighted by molar-refractivity contribution is 0.00695. The number of nitrogens with two attached hydrogens (primary N) is 1. The number of hydrogen-bond donors (Lipinski definition) is 1. The van der Waals surface area contributed by atoms with E-state index in [4.69, 9.17) is 10.5 Å². The highest BCUT2D eigenvalue weighted by molar-refractivity contribution is 5.91. The molecule has 2 N–H and O–H groups in total. The van der Waals surface area contributed by atoms with Crippen molar-refractivity contribution in [1.29, 1.82) is 0 Å². The Morgan fingerprint density at radius 3 is 2.40 bits per heavy atom.